The topological polar surface area (TPSA) is 271 Å². The SMILES string of the molecule is C/C=C/[P+](c1ccccc1)(c1ccccc1)c1ccccc1.C=CCON1C(=O)N2CC=C(B3OC(C)(C)C(C)(C)O3)C1C2.C=CCON1C(=O)N2CC=C(c3cn(C)c(=O)cn3)C1C2.CN1C(=O)N2CC=C(c3cn(C)c(=O)cn3)C1C2.CN1C(=O)N2CC=C(c3cn(C)c(=O)cn3)C1C2.Cn1cc(Br)ncc1=O. The summed E-state index contributed by atoms with van der Waals surface area (Å²) in [5, 5.41) is 6.97. The minimum Gasteiger partial charge on any atom is -0.400 e. The second-order valence-corrected chi connectivity index (χ2v) is 32.3. The predicted molar refractivity (Wildman–Crippen MR) is 428 cm³/mol. The molecule has 8 bridgehead atoms. The number of hydrogen-bond donors (Lipinski definition) is 0. The molecule has 110 heavy (non-hydrogen) atoms. The van der Waals surface area contributed by atoms with Crippen LogP contribution in [-0.4, -0.2) is 224 Å². The van der Waals surface area contributed by atoms with Gasteiger partial charge in [-0.1, -0.05) is 97.1 Å². The standard InChI is InChI=1S/C21H20P.C15H23BN2O4.C14H16N4O3.2C12H14N4O2.C5H5BrN2O/c1-2-18-22(19-12-6-3-7-13-19,20-14-8-4-9-15-20)21-16-10-5-11-17-21;1-6-9-20-18-12-10-17(13(18)19)8-7-11(12)16-21-14(2,3)15(4,5)22-16;1-3-6-21-18-12-9-17(14(18)20)5-4-10(12)11-8-16(2)13(19)7-15-11;2*1-14-6-9(13-5-11(14)17)8-3-4-16-7-10(8)15(2)12(16)18;1-8-3-4(6)7-2-5(8)9/h2-18H,1H3;6-7,12H,1,8-10H2,2-5H3;3-4,7-8,12H,1,5-6,9H2,2H3;2*3,5-6,10H,4,7H2,1-2H3;2-3H,1H3/q+1;;;;;/b18-2+;;;;;. The van der Waals surface area contributed by atoms with Crippen LogP contribution >= 0.6 is 23.2 Å². The minimum atomic E-state index is -1.73. The molecule has 4 unspecified atom stereocenters. The number of likely N-dealkylation sites (N-methyl/N-ethyl adjacent to an activating group) is 2. The highest BCUT2D eigenvalue weighted by molar-refractivity contribution is 9.10. The van der Waals surface area contributed by atoms with Crippen LogP contribution < -0.4 is 38.2 Å². The van der Waals surface area contributed by atoms with E-state index >= 15 is 0 Å². The lowest BCUT2D eigenvalue weighted by Crippen LogP contribution is -2.41. The van der Waals surface area contributed by atoms with Gasteiger partial charge in [-0.05, 0) is 92.4 Å². The average Bonchev–Trinajstić information content (AvgIpc) is 1.39. The summed E-state index contributed by atoms with van der Waals surface area (Å²) in [6, 6.07) is 32.2. The van der Waals surface area contributed by atoms with Crippen LogP contribution in [0.5, 0.6) is 0 Å². The van der Waals surface area contributed by atoms with Crippen LogP contribution in [0.4, 0.5) is 19.2 Å². The predicted octanol–water partition coefficient (Wildman–Crippen LogP) is 7.07. The molecule has 5 saturated heterocycles. The van der Waals surface area contributed by atoms with E-state index in [1.54, 1.807) is 109 Å². The molecule has 9 aliphatic heterocycles. The number of carbonyl (C=O) groups is 4. The Morgan fingerprint density at radius 1 is 0.473 bits per heavy atom. The first-order valence-corrected chi connectivity index (χ1v) is 38.6. The summed E-state index contributed by atoms with van der Waals surface area (Å²) in [6.07, 6.45) is 25.4. The number of allylic oxidation sites excluding steroid dienone is 1. The molecule has 8 amide bonds. The first-order valence-electron chi connectivity index (χ1n) is 35.9. The van der Waals surface area contributed by atoms with E-state index in [4.69, 9.17) is 19.0 Å². The van der Waals surface area contributed by atoms with Gasteiger partial charge < -0.3 is 57.0 Å². The smallest absolute Gasteiger partial charge is 0.400 e. The molecular weight excluding hydrogens is 1490 g/mol. The zero-order valence-corrected chi connectivity index (χ0v) is 66.1. The zero-order valence-electron chi connectivity index (χ0n) is 63.6. The van der Waals surface area contributed by atoms with Crippen LogP contribution in [0.15, 0.2) is 231 Å². The molecule has 13 heterocycles. The molecule has 3 aromatic carbocycles. The molecule has 16 rings (SSSR count). The number of nitrogens with zero attached hydrogens (tertiary/aromatic N) is 16. The number of benzene rings is 3. The van der Waals surface area contributed by atoms with Gasteiger partial charge in [0.1, 0.15) is 33.8 Å². The Morgan fingerprint density at radius 3 is 1.15 bits per heavy atom. The van der Waals surface area contributed by atoms with Gasteiger partial charge in [-0.15, -0.1) is 13.2 Å². The summed E-state index contributed by atoms with van der Waals surface area (Å²) >= 11 is 3.13. The van der Waals surface area contributed by atoms with Crippen molar-refractivity contribution >= 4 is 87.1 Å². The highest BCUT2D eigenvalue weighted by Crippen LogP contribution is 2.57. The molecule has 7 aromatic rings. The van der Waals surface area contributed by atoms with Crippen molar-refractivity contribution in [1.29, 1.82) is 0 Å². The fourth-order valence-corrected chi connectivity index (χ4v) is 18.0. The van der Waals surface area contributed by atoms with Gasteiger partial charge in [0.05, 0.1) is 96.8 Å². The highest BCUT2D eigenvalue weighted by Gasteiger charge is 2.57. The molecule has 9 aliphatic rings. The highest BCUT2D eigenvalue weighted by atomic mass is 79.9. The van der Waals surface area contributed by atoms with Gasteiger partial charge in [-0.25, -0.2) is 39.1 Å². The summed E-state index contributed by atoms with van der Waals surface area (Å²) in [4.78, 5) is 131. The lowest BCUT2D eigenvalue weighted by Gasteiger charge is -2.32. The van der Waals surface area contributed by atoms with Crippen molar-refractivity contribution < 1.29 is 38.2 Å². The number of aryl methyl sites for hydroxylation is 4. The Bertz CT molecular complexity index is 4790. The Hall–Kier alpha value is -10.7. The van der Waals surface area contributed by atoms with E-state index in [-0.39, 0.29) is 77.1 Å². The number of carbonyl (C=O) groups excluding carboxylic acids is 4. The summed E-state index contributed by atoms with van der Waals surface area (Å²) in [6.45, 7) is 22.8. The maximum atomic E-state index is 12.3. The zero-order chi connectivity index (χ0) is 78.9. The largest absolute Gasteiger partial charge is 0.492 e. The monoisotopic (exact) mass is 1580 g/mol. The molecule has 0 spiro atoms. The second kappa shape index (κ2) is 34.4. The lowest BCUT2D eigenvalue weighted by molar-refractivity contribution is -0.109. The van der Waals surface area contributed by atoms with Crippen LogP contribution in [0.2, 0.25) is 0 Å². The van der Waals surface area contributed by atoms with E-state index in [1.165, 1.54) is 69.1 Å². The molecule has 574 valence electrons. The van der Waals surface area contributed by atoms with Crippen molar-refractivity contribution in [2.24, 2.45) is 28.2 Å². The van der Waals surface area contributed by atoms with Crippen LogP contribution in [-0.2, 0) is 47.2 Å². The number of aromatic nitrogens is 8. The summed E-state index contributed by atoms with van der Waals surface area (Å²) in [5.41, 5.74) is 4.80. The fourth-order valence-electron chi connectivity index (χ4n) is 13.8. The lowest BCUT2D eigenvalue weighted by atomic mass is 9.72. The number of amides is 8. The molecule has 0 aliphatic carbocycles. The minimum absolute atomic E-state index is 0.0382. The van der Waals surface area contributed by atoms with Crippen molar-refractivity contribution in [2.75, 3.05) is 79.7 Å². The molecule has 0 radical (unpaired) electrons. The normalized spacial score (nSPS) is 20.2. The Labute approximate surface area is 648 Å². The van der Waals surface area contributed by atoms with Crippen LogP contribution in [0, 0.1) is 0 Å². The molecule has 0 N–H and O–H groups in total. The molecular formula is C79H92BBrN16O12P+. The number of rotatable bonds is 14. The summed E-state index contributed by atoms with van der Waals surface area (Å²) in [5.74, 6) is 2.41. The van der Waals surface area contributed by atoms with Gasteiger partial charge in [-0.3, -0.25) is 28.9 Å². The Morgan fingerprint density at radius 2 is 0.800 bits per heavy atom. The van der Waals surface area contributed by atoms with E-state index < -0.39 is 25.6 Å². The van der Waals surface area contributed by atoms with Crippen LogP contribution in [0.1, 0.15) is 51.7 Å². The first-order chi connectivity index (χ1) is 52.6. The molecule has 5 fully saturated rings. The number of hydroxylamine groups is 4. The van der Waals surface area contributed by atoms with E-state index in [2.05, 4.69) is 159 Å². The Kier molecular flexibility index (Phi) is 25.1. The summed E-state index contributed by atoms with van der Waals surface area (Å²) < 4.78 is 18.9. The number of urea groups is 4. The van der Waals surface area contributed by atoms with E-state index in [0.29, 0.717) is 69.3 Å². The third kappa shape index (κ3) is 17.0. The molecule has 0 saturated carbocycles. The first kappa shape index (κ1) is 80.3. The van der Waals surface area contributed by atoms with E-state index in [1.807, 2.05) is 52.0 Å². The van der Waals surface area contributed by atoms with Gasteiger partial charge >= 0.3 is 31.2 Å². The van der Waals surface area contributed by atoms with Gasteiger partial charge in [0.15, 0.2) is 0 Å². The number of halogens is 1. The second-order valence-electron chi connectivity index (χ2n) is 28.2. The van der Waals surface area contributed by atoms with Crippen LogP contribution in [0.3, 0.4) is 0 Å². The number of fused-ring (bicyclic) bond motifs is 8. The quantitative estimate of drug-likeness (QED) is 0.0598. The maximum absolute atomic E-state index is 12.3. The molecule has 28 nitrogen and oxygen atoms in total. The van der Waals surface area contributed by atoms with Gasteiger partial charge in [0, 0.05) is 130 Å². The average molecular weight is 1580 g/mol. The van der Waals surface area contributed by atoms with Gasteiger partial charge in [0.2, 0.25) is 0 Å². The molecule has 31 heteroatoms. The Balaban J connectivity index is 0.000000133. The van der Waals surface area contributed by atoms with E-state index in [9.17, 15) is 38.4 Å². The van der Waals surface area contributed by atoms with Crippen molar-refractivity contribution in [3.05, 3.63) is 271 Å². The van der Waals surface area contributed by atoms with Gasteiger partial charge in [-0.2, -0.15) is 10.1 Å². The maximum Gasteiger partial charge on any atom is 0.492 e. The third-order valence-corrected chi connectivity index (χ3v) is 25.1. The van der Waals surface area contributed by atoms with Crippen molar-refractivity contribution in [2.45, 2.75) is 70.0 Å². The van der Waals surface area contributed by atoms with Crippen molar-refractivity contribution in [1.82, 2.24) is 77.7 Å². The molecule has 4 aromatic heterocycles. The molecule has 4 atom stereocenters. The summed E-state index contributed by atoms with van der Waals surface area (Å²) in [7, 11) is 8.17. The van der Waals surface area contributed by atoms with Crippen LogP contribution in [0.25, 0.3) is 16.7 Å². The fraction of sp³-hybridized carbons (Fsp3) is 0.342. The van der Waals surface area contributed by atoms with Gasteiger partial charge in [0.25, 0.3) is 22.2 Å². The van der Waals surface area contributed by atoms with Crippen molar-refractivity contribution in [3.8, 4) is 0 Å². The number of hydrogen-bond acceptors (Lipinski definition) is 16. The van der Waals surface area contributed by atoms with E-state index in [0.717, 1.165) is 33.6 Å². The third-order valence-electron chi connectivity index (χ3n) is 20.6. The van der Waals surface area contributed by atoms with Crippen molar-refractivity contribution in [3.63, 3.8) is 0 Å².